The quantitative estimate of drug-likeness (QED) is 0.538. The van der Waals surface area contributed by atoms with Gasteiger partial charge in [-0.15, -0.1) is 0 Å². The van der Waals surface area contributed by atoms with E-state index in [2.05, 4.69) is 44.4 Å². The molecule has 0 aliphatic rings. The SMILES string of the molecule is Cc1c(C)[s+](C)c2ccccc12. The van der Waals surface area contributed by atoms with Crippen molar-refractivity contribution in [3.63, 3.8) is 0 Å². The number of hydrogen-bond acceptors (Lipinski definition) is 0. The number of thiophene rings is 1. The van der Waals surface area contributed by atoms with Crippen LogP contribution in [0.2, 0.25) is 0 Å². The Balaban J connectivity index is 2.99. The molecule has 0 N–H and O–H groups in total. The highest BCUT2D eigenvalue weighted by atomic mass is 32.2. The van der Waals surface area contributed by atoms with Gasteiger partial charge >= 0.3 is 0 Å². The molecule has 62 valence electrons. The van der Waals surface area contributed by atoms with Crippen molar-refractivity contribution in [3.05, 3.63) is 34.7 Å². The third-order valence-corrected chi connectivity index (χ3v) is 4.85. The van der Waals surface area contributed by atoms with Gasteiger partial charge in [0.1, 0.15) is 6.26 Å². The Bertz CT molecular complexity index is 385. The van der Waals surface area contributed by atoms with Crippen LogP contribution in [-0.4, -0.2) is 0 Å². The Morgan fingerprint density at radius 3 is 2.42 bits per heavy atom. The zero-order valence-corrected chi connectivity index (χ0v) is 8.53. The van der Waals surface area contributed by atoms with Crippen LogP contribution in [-0.2, 0) is 6.26 Å². The molecule has 1 aromatic heterocycles. The van der Waals surface area contributed by atoms with Gasteiger partial charge in [-0.05, 0) is 29.5 Å². The van der Waals surface area contributed by atoms with Crippen molar-refractivity contribution in [3.8, 4) is 0 Å². The van der Waals surface area contributed by atoms with Crippen molar-refractivity contribution >= 4 is 20.6 Å². The maximum absolute atomic E-state index is 2.31. The molecule has 0 aliphatic carbocycles. The van der Waals surface area contributed by atoms with Crippen molar-refractivity contribution < 1.29 is 0 Å². The molecule has 0 nitrogen and oxygen atoms in total. The van der Waals surface area contributed by atoms with E-state index in [1.54, 1.807) is 4.88 Å². The molecule has 1 aromatic carbocycles. The lowest BCUT2D eigenvalue weighted by molar-refractivity contribution is 1.47. The molecule has 2 aromatic rings. The standard InChI is InChI=1S/C11H13S/c1-8-9(2)12(3)11-7-5-4-6-10(8)11/h4-7H,1-3H3/q+1. The van der Waals surface area contributed by atoms with Gasteiger partial charge in [-0.25, -0.2) is 0 Å². The van der Waals surface area contributed by atoms with Crippen LogP contribution in [0.5, 0.6) is 0 Å². The van der Waals surface area contributed by atoms with Crippen molar-refractivity contribution in [2.45, 2.75) is 13.8 Å². The summed E-state index contributed by atoms with van der Waals surface area (Å²) in [5, 5.41) is 1.46. The molecule has 2 rings (SSSR count). The van der Waals surface area contributed by atoms with Gasteiger partial charge in [-0.1, -0.05) is 12.1 Å². The van der Waals surface area contributed by atoms with Gasteiger partial charge in [0.25, 0.3) is 0 Å². The Kier molecular flexibility index (Phi) is 1.69. The van der Waals surface area contributed by atoms with Gasteiger partial charge < -0.3 is 0 Å². The highest BCUT2D eigenvalue weighted by Gasteiger charge is 2.16. The zero-order chi connectivity index (χ0) is 8.72. The molecule has 1 atom stereocenters. The van der Waals surface area contributed by atoms with Gasteiger partial charge in [-0.3, -0.25) is 0 Å². The average Bonchev–Trinajstić information content (AvgIpc) is 2.33. The van der Waals surface area contributed by atoms with E-state index in [9.17, 15) is 0 Å². The molecule has 1 heterocycles. The second kappa shape index (κ2) is 2.60. The zero-order valence-electron chi connectivity index (χ0n) is 7.72. The molecule has 0 amide bonds. The van der Waals surface area contributed by atoms with E-state index in [1.165, 1.54) is 15.6 Å². The molecular formula is C11H13S+. The summed E-state index contributed by atoms with van der Waals surface area (Å²) in [5.41, 5.74) is 1.48. The van der Waals surface area contributed by atoms with E-state index >= 15 is 0 Å². The first-order valence-corrected chi connectivity index (χ1v) is 5.78. The molecule has 0 saturated heterocycles. The predicted octanol–water partition coefficient (Wildman–Crippen LogP) is 3.74. The van der Waals surface area contributed by atoms with Crippen molar-refractivity contribution in [1.82, 2.24) is 0 Å². The highest BCUT2D eigenvalue weighted by molar-refractivity contribution is 7.36. The maximum Gasteiger partial charge on any atom is 0.180 e. The molecule has 1 unspecified atom stereocenters. The monoisotopic (exact) mass is 177 g/mol. The smallest absolute Gasteiger partial charge is 0.0613 e. The van der Waals surface area contributed by atoms with Crippen LogP contribution in [0, 0.1) is 13.8 Å². The molecule has 0 fully saturated rings. The van der Waals surface area contributed by atoms with Gasteiger partial charge in [0.05, 0.1) is 0 Å². The largest absolute Gasteiger partial charge is 0.180 e. The molecule has 12 heavy (non-hydrogen) atoms. The summed E-state index contributed by atoms with van der Waals surface area (Å²) in [5.74, 6) is 0. The second-order valence-corrected chi connectivity index (χ2v) is 5.26. The lowest BCUT2D eigenvalue weighted by atomic mass is 10.2. The third kappa shape index (κ3) is 0.896. The van der Waals surface area contributed by atoms with Crippen LogP contribution in [0.25, 0.3) is 10.1 Å². The van der Waals surface area contributed by atoms with Gasteiger partial charge in [0, 0.05) is 17.9 Å². The summed E-state index contributed by atoms with van der Waals surface area (Å²) >= 11 is 0. The highest BCUT2D eigenvalue weighted by Crippen LogP contribution is 2.37. The van der Waals surface area contributed by atoms with Crippen molar-refractivity contribution in [1.29, 1.82) is 0 Å². The average molecular weight is 177 g/mol. The summed E-state index contributed by atoms with van der Waals surface area (Å²) in [6, 6.07) is 8.73. The second-order valence-electron chi connectivity index (χ2n) is 3.19. The number of hydrogen-bond donors (Lipinski definition) is 0. The minimum Gasteiger partial charge on any atom is -0.0613 e. The number of rotatable bonds is 0. The van der Waals surface area contributed by atoms with E-state index in [0.29, 0.717) is 10.5 Å². The van der Waals surface area contributed by atoms with Gasteiger partial charge in [-0.2, -0.15) is 0 Å². The molecule has 0 spiro atoms. The Morgan fingerprint density at radius 2 is 1.75 bits per heavy atom. The Labute approximate surface area is 75.8 Å². The van der Waals surface area contributed by atoms with E-state index in [-0.39, 0.29) is 0 Å². The van der Waals surface area contributed by atoms with Crippen LogP contribution in [0.3, 0.4) is 0 Å². The fraction of sp³-hybridized carbons (Fsp3) is 0.273. The minimum absolute atomic E-state index is 0.357. The van der Waals surface area contributed by atoms with Crippen LogP contribution in [0.15, 0.2) is 24.3 Å². The van der Waals surface area contributed by atoms with Gasteiger partial charge in [0.2, 0.25) is 0 Å². The summed E-state index contributed by atoms with van der Waals surface area (Å²) < 4.78 is 1.52. The molecule has 0 bridgehead atoms. The van der Waals surface area contributed by atoms with E-state index in [4.69, 9.17) is 0 Å². The first kappa shape index (κ1) is 7.81. The summed E-state index contributed by atoms with van der Waals surface area (Å²) in [6.45, 7) is 4.48. The van der Waals surface area contributed by atoms with Crippen LogP contribution in [0.4, 0.5) is 0 Å². The maximum atomic E-state index is 2.31. The Hall–Kier alpha value is -0.820. The minimum atomic E-state index is 0.357. The molecule has 0 radical (unpaired) electrons. The fourth-order valence-electron chi connectivity index (χ4n) is 1.63. The van der Waals surface area contributed by atoms with Crippen LogP contribution < -0.4 is 0 Å². The third-order valence-electron chi connectivity index (χ3n) is 2.61. The number of aryl methyl sites for hydroxylation is 2. The summed E-state index contributed by atoms with van der Waals surface area (Å²) in [7, 11) is 0.357. The lowest BCUT2D eigenvalue weighted by Crippen LogP contribution is -1.68. The Morgan fingerprint density at radius 1 is 1.08 bits per heavy atom. The van der Waals surface area contributed by atoms with Crippen molar-refractivity contribution in [2.24, 2.45) is 6.26 Å². The first-order chi connectivity index (χ1) is 5.72. The molecule has 1 heteroatoms. The molecule has 0 aliphatic heterocycles. The fourth-order valence-corrected chi connectivity index (χ4v) is 3.36. The lowest BCUT2D eigenvalue weighted by Gasteiger charge is -1.83. The van der Waals surface area contributed by atoms with E-state index < -0.39 is 0 Å². The predicted molar refractivity (Wildman–Crippen MR) is 56.9 cm³/mol. The molecular weight excluding hydrogens is 164 g/mol. The van der Waals surface area contributed by atoms with Crippen LogP contribution >= 0.6 is 10.5 Å². The summed E-state index contributed by atoms with van der Waals surface area (Å²) in [4.78, 5) is 1.55. The van der Waals surface area contributed by atoms with Gasteiger partial charge in [0.15, 0.2) is 9.58 Å². The first-order valence-electron chi connectivity index (χ1n) is 4.14. The number of benzene rings is 1. The number of fused-ring (bicyclic) bond motifs is 1. The van der Waals surface area contributed by atoms with E-state index in [0.717, 1.165) is 0 Å². The summed E-state index contributed by atoms with van der Waals surface area (Å²) in [6.07, 6.45) is 2.31. The normalized spacial score (nSPS) is 12.4. The van der Waals surface area contributed by atoms with E-state index in [1.807, 2.05) is 0 Å². The molecule has 0 saturated carbocycles. The van der Waals surface area contributed by atoms with Crippen molar-refractivity contribution in [2.75, 3.05) is 0 Å². The topological polar surface area (TPSA) is 0 Å². The van der Waals surface area contributed by atoms with Crippen LogP contribution in [0.1, 0.15) is 10.4 Å².